The minimum absolute atomic E-state index is 0. The van der Waals surface area contributed by atoms with Crippen LogP contribution in [0, 0.1) is 5.92 Å². The minimum atomic E-state index is -0.812. The van der Waals surface area contributed by atoms with E-state index in [1.54, 1.807) is 0 Å². The third-order valence-corrected chi connectivity index (χ3v) is 1.79. The first-order chi connectivity index (χ1) is 4.57. The molecule has 0 saturated heterocycles. The van der Waals surface area contributed by atoms with Gasteiger partial charge in [0.25, 0.3) is 0 Å². The van der Waals surface area contributed by atoms with Crippen LogP contribution in [0.15, 0.2) is 0 Å². The standard InChI is InChI=1S/C7H15NO2.ClH/c1-3-5(2)6(8)4-7(9)10;/h5-6H,3-4,8H2,1-2H3,(H,9,10);1H/t5?,6-;/m0./s1. The smallest absolute Gasteiger partial charge is 0.304 e. The van der Waals surface area contributed by atoms with Gasteiger partial charge in [0.05, 0.1) is 6.42 Å². The van der Waals surface area contributed by atoms with Crippen molar-refractivity contribution in [2.45, 2.75) is 32.7 Å². The molecule has 11 heavy (non-hydrogen) atoms. The van der Waals surface area contributed by atoms with Crippen molar-refractivity contribution in [3.63, 3.8) is 0 Å². The molecule has 0 rings (SSSR count). The molecule has 0 aromatic carbocycles. The highest BCUT2D eigenvalue weighted by atomic mass is 35.5. The Morgan fingerprint density at radius 2 is 2.09 bits per heavy atom. The van der Waals surface area contributed by atoms with Crippen molar-refractivity contribution in [1.29, 1.82) is 0 Å². The number of carboxylic acids is 1. The summed E-state index contributed by atoms with van der Waals surface area (Å²) in [5, 5.41) is 8.35. The minimum Gasteiger partial charge on any atom is -0.481 e. The average molecular weight is 182 g/mol. The van der Waals surface area contributed by atoms with Gasteiger partial charge in [0.1, 0.15) is 0 Å². The summed E-state index contributed by atoms with van der Waals surface area (Å²) in [6, 6.07) is -0.192. The maximum atomic E-state index is 10.2. The van der Waals surface area contributed by atoms with Crippen LogP contribution in [0.25, 0.3) is 0 Å². The zero-order valence-electron chi connectivity index (χ0n) is 6.91. The number of carbonyl (C=O) groups is 1. The topological polar surface area (TPSA) is 63.3 Å². The first-order valence-corrected chi connectivity index (χ1v) is 3.55. The molecule has 3 nitrogen and oxygen atoms in total. The van der Waals surface area contributed by atoms with E-state index < -0.39 is 5.97 Å². The molecule has 1 unspecified atom stereocenters. The Hall–Kier alpha value is -0.280. The number of aliphatic carboxylic acids is 1. The van der Waals surface area contributed by atoms with Gasteiger partial charge in [-0.15, -0.1) is 12.4 Å². The summed E-state index contributed by atoms with van der Waals surface area (Å²) < 4.78 is 0. The number of hydrogen-bond donors (Lipinski definition) is 2. The molecule has 0 aliphatic heterocycles. The van der Waals surface area contributed by atoms with E-state index >= 15 is 0 Å². The van der Waals surface area contributed by atoms with Gasteiger partial charge in [-0.2, -0.15) is 0 Å². The van der Waals surface area contributed by atoms with Crippen LogP contribution in [-0.2, 0) is 4.79 Å². The fourth-order valence-electron chi connectivity index (χ4n) is 0.706. The molecule has 0 aliphatic carbocycles. The highest BCUT2D eigenvalue weighted by Gasteiger charge is 2.13. The van der Waals surface area contributed by atoms with Crippen molar-refractivity contribution >= 4 is 18.4 Å². The molecule has 2 atom stereocenters. The molecule has 0 spiro atoms. The summed E-state index contributed by atoms with van der Waals surface area (Å²) >= 11 is 0. The Morgan fingerprint density at radius 1 is 1.64 bits per heavy atom. The molecule has 0 amide bonds. The Balaban J connectivity index is 0. The number of carboxylic acid groups (broad SMARTS) is 1. The van der Waals surface area contributed by atoms with Gasteiger partial charge in [-0.05, 0) is 5.92 Å². The van der Waals surface area contributed by atoms with Crippen LogP contribution in [0.2, 0.25) is 0 Å². The van der Waals surface area contributed by atoms with Crippen molar-refractivity contribution in [3.05, 3.63) is 0 Å². The molecule has 0 saturated carbocycles. The summed E-state index contributed by atoms with van der Waals surface area (Å²) in [4.78, 5) is 10.2. The third-order valence-electron chi connectivity index (χ3n) is 1.79. The van der Waals surface area contributed by atoms with Gasteiger partial charge in [0.15, 0.2) is 0 Å². The van der Waals surface area contributed by atoms with Crippen molar-refractivity contribution in [2.75, 3.05) is 0 Å². The van der Waals surface area contributed by atoms with Gasteiger partial charge in [-0.25, -0.2) is 0 Å². The van der Waals surface area contributed by atoms with E-state index in [4.69, 9.17) is 10.8 Å². The summed E-state index contributed by atoms with van der Waals surface area (Å²) in [5.74, 6) is -0.510. The highest BCUT2D eigenvalue weighted by molar-refractivity contribution is 5.85. The van der Waals surface area contributed by atoms with E-state index in [2.05, 4.69) is 0 Å². The molecule has 3 N–H and O–H groups in total. The van der Waals surface area contributed by atoms with E-state index in [0.717, 1.165) is 6.42 Å². The quantitative estimate of drug-likeness (QED) is 0.687. The van der Waals surface area contributed by atoms with E-state index in [-0.39, 0.29) is 24.9 Å². The highest BCUT2D eigenvalue weighted by Crippen LogP contribution is 2.07. The summed E-state index contributed by atoms with van der Waals surface area (Å²) in [6.07, 6.45) is 1.02. The van der Waals surface area contributed by atoms with E-state index in [9.17, 15) is 4.79 Å². The molecule has 0 aromatic rings. The Morgan fingerprint density at radius 3 is 2.36 bits per heavy atom. The fourth-order valence-corrected chi connectivity index (χ4v) is 0.706. The molecule has 0 heterocycles. The SMILES string of the molecule is CCC(C)[C@@H](N)CC(=O)O.Cl. The van der Waals surface area contributed by atoms with Gasteiger partial charge < -0.3 is 10.8 Å². The Labute approximate surface area is 73.4 Å². The van der Waals surface area contributed by atoms with Crippen molar-refractivity contribution in [2.24, 2.45) is 11.7 Å². The first-order valence-electron chi connectivity index (χ1n) is 3.55. The number of halogens is 1. The molecule has 0 aromatic heterocycles. The Kier molecular flexibility index (Phi) is 7.79. The molecular formula is C7H16ClNO2. The second-order valence-corrected chi connectivity index (χ2v) is 2.65. The summed E-state index contributed by atoms with van der Waals surface area (Å²) in [6.45, 7) is 3.97. The monoisotopic (exact) mass is 181 g/mol. The van der Waals surface area contributed by atoms with Gasteiger partial charge in [-0.1, -0.05) is 20.3 Å². The maximum absolute atomic E-state index is 10.2. The van der Waals surface area contributed by atoms with Crippen LogP contribution in [0.3, 0.4) is 0 Å². The summed E-state index contributed by atoms with van der Waals surface area (Å²) in [5.41, 5.74) is 5.55. The van der Waals surface area contributed by atoms with Gasteiger partial charge in [-0.3, -0.25) is 4.79 Å². The molecule has 68 valence electrons. The van der Waals surface area contributed by atoms with Crippen molar-refractivity contribution < 1.29 is 9.90 Å². The van der Waals surface area contributed by atoms with Gasteiger partial charge in [0.2, 0.25) is 0 Å². The lowest BCUT2D eigenvalue weighted by molar-refractivity contribution is -0.137. The lowest BCUT2D eigenvalue weighted by Gasteiger charge is -2.15. The molecular weight excluding hydrogens is 166 g/mol. The van der Waals surface area contributed by atoms with Crippen LogP contribution in [0.5, 0.6) is 0 Å². The second-order valence-electron chi connectivity index (χ2n) is 2.65. The lowest BCUT2D eigenvalue weighted by atomic mass is 9.98. The number of rotatable bonds is 4. The second kappa shape index (κ2) is 6.43. The third kappa shape index (κ3) is 6.13. The lowest BCUT2D eigenvalue weighted by Crippen LogP contribution is -2.30. The zero-order chi connectivity index (χ0) is 8.15. The van der Waals surface area contributed by atoms with Gasteiger partial charge >= 0.3 is 5.97 Å². The predicted octanol–water partition coefficient (Wildman–Crippen LogP) is 1.26. The largest absolute Gasteiger partial charge is 0.481 e. The maximum Gasteiger partial charge on any atom is 0.304 e. The van der Waals surface area contributed by atoms with E-state index in [1.807, 2.05) is 13.8 Å². The van der Waals surface area contributed by atoms with E-state index in [1.165, 1.54) is 0 Å². The van der Waals surface area contributed by atoms with E-state index in [0.29, 0.717) is 5.92 Å². The average Bonchev–Trinajstić information content (AvgIpc) is 1.85. The molecule has 0 fully saturated rings. The summed E-state index contributed by atoms with van der Waals surface area (Å²) in [7, 11) is 0. The normalized spacial score (nSPS) is 14.8. The first kappa shape index (κ1) is 13.3. The Bertz CT molecular complexity index is 119. The van der Waals surface area contributed by atoms with Crippen LogP contribution in [-0.4, -0.2) is 17.1 Å². The van der Waals surface area contributed by atoms with Crippen LogP contribution < -0.4 is 5.73 Å². The van der Waals surface area contributed by atoms with Crippen molar-refractivity contribution in [3.8, 4) is 0 Å². The molecule has 0 aliphatic rings. The van der Waals surface area contributed by atoms with Crippen LogP contribution in [0.1, 0.15) is 26.7 Å². The molecule has 0 bridgehead atoms. The molecule has 0 radical (unpaired) electrons. The zero-order valence-corrected chi connectivity index (χ0v) is 7.73. The predicted molar refractivity (Wildman–Crippen MR) is 46.9 cm³/mol. The number of hydrogen-bond acceptors (Lipinski definition) is 2. The number of nitrogens with two attached hydrogens (primary N) is 1. The van der Waals surface area contributed by atoms with Crippen molar-refractivity contribution in [1.82, 2.24) is 0 Å². The van der Waals surface area contributed by atoms with Crippen LogP contribution in [0.4, 0.5) is 0 Å². The van der Waals surface area contributed by atoms with Gasteiger partial charge in [0, 0.05) is 6.04 Å². The van der Waals surface area contributed by atoms with Crippen LogP contribution >= 0.6 is 12.4 Å². The fraction of sp³-hybridized carbons (Fsp3) is 0.857. The molecule has 4 heteroatoms.